The molecule has 0 N–H and O–H groups in total. The minimum Gasteiger partial charge on any atom is -0.316 e. The van der Waals surface area contributed by atoms with Crippen molar-refractivity contribution in [2.75, 3.05) is 4.90 Å². The van der Waals surface area contributed by atoms with Crippen molar-refractivity contribution in [3.63, 3.8) is 0 Å². The van der Waals surface area contributed by atoms with E-state index in [0.717, 1.165) is 44.6 Å². The van der Waals surface area contributed by atoms with Crippen LogP contribution in [0.4, 0.5) is 11.4 Å². The summed E-state index contributed by atoms with van der Waals surface area (Å²) in [5, 5.41) is 2.56. The second-order valence-electron chi connectivity index (χ2n) is 17.3. The maximum atomic E-state index is 5.17. The van der Waals surface area contributed by atoms with Crippen LogP contribution in [0.2, 0.25) is 0 Å². The van der Waals surface area contributed by atoms with Crippen molar-refractivity contribution in [1.82, 2.24) is 15.0 Å². The van der Waals surface area contributed by atoms with E-state index in [-0.39, 0.29) is 5.41 Å². The van der Waals surface area contributed by atoms with E-state index in [1.54, 1.807) is 0 Å². The summed E-state index contributed by atoms with van der Waals surface area (Å²) in [7, 11) is 0. The first kappa shape index (κ1) is 37.5. The molecule has 1 aliphatic carbocycles. The molecule has 12 rings (SSSR count). The number of nitrogens with zero attached hydrogens (tertiary/aromatic N) is 4. The lowest BCUT2D eigenvalue weighted by atomic mass is 9.79. The molecule has 2 aliphatic rings. The fraction of sp³-hybridized carbons (Fsp3) is 0.0500. The first-order chi connectivity index (χ1) is 31.5. The standard InChI is InChI=1S/C60H42N4/c1-60(2)53-38-47(32-33-51(53)52-37-48-20-12-18-43-34-35-64(50-22-10-5-11-23-50)56(54(43)48)55(52)60)46-19-13-21-49(36-46)59-62-57(44-28-24-41(25-29-44)39-14-6-3-7-15-39)61-58(63-59)45-30-26-42(27-31-45)40-16-8-4-9-17-40/h3-38H,1-2H3. The van der Waals surface area contributed by atoms with Gasteiger partial charge in [-0.25, -0.2) is 15.0 Å². The molecule has 1 aliphatic heterocycles. The maximum Gasteiger partial charge on any atom is 0.164 e. The Morgan fingerprint density at radius 1 is 0.391 bits per heavy atom. The van der Waals surface area contributed by atoms with Gasteiger partial charge >= 0.3 is 0 Å². The van der Waals surface area contributed by atoms with Gasteiger partial charge in [0.15, 0.2) is 17.5 Å². The molecule has 64 heavy (non-hydrogen) atoms. The van der Waals surface area contributed by atoms with Gasteiger partial charge in [0.25, 0.3) is 0 Å². The van der Waals surface area contributed by atoms with Gasteiger partial charge in [0.1, 0.15) is 0 Å². The molecular weight excluding hydrogens is 777 g/mol. The Morgan fingerprint density at radius 2 is 0.875 bits per heavy atom. The molecule has 0 unspecified atom stereocenters. The third kappa shape index (κ3) is 6.34. The van der Waals surface area contributed by atoms with Gasteiger partial charge in [0.2, 0.25) is 0 Å². The molecule has 9 aromatic carbocycles. The molecule has 0 fully saturated rings. The van der Waals surface area contributed by atoms with Crippen molar-refractivity contribution in [3.8, 4) is 78.7 Å². The van der Waals surface area contributed by atoms with Crippen molar-refractivity contribution in [3.05, 3.63) is 229 Å². The van der Waals surface area contributed by atoms with Crippen LogP contribution in [0.25, 0.3) is 95.5 Å². The van der Waals surface area contributed by atoms with Crippen LogP contribution in [0, 0.1) is 0 Å². The number of fused-ring (bicyclic) bond motifs is 4. The summed E-state index contributed by atoms with van der Waals surface area (Å²) >= 11 is 0. The van der Waals surface area contributed by atoms with Crippen LogP contribution in [-0.4, -0.2) is 15.0 Å². The van der Waals surface area contributed by atoms with Crippen LogP contribution in [0.1, 0.15) is 30.5 Å². The molecule has 4 nitrogen and oxygen atoms in total. The predicted octanol–water partition coefficient (Wildman–Crippen LogP) is 15.5. The van der Waals surface area contributed by atoms with Crippen LogP contribution >= 0.6 is 0 Å². The molecule has 0 saturated carbocycles. The molecule has 4 heteroatoms. The van der Waals surface area contributed by atoms with Crippen molar-refractivity contribution in [1.29, 1.82) is 0 Å². The van der Waals surface area contributed by atoms with Gasteiger partial charge in [-0.15, -0.1) is 0 Å². The van der Waals surface area contributed by atoms with E-state index >= 15 is 0 Å². The molecule has 0 saturated heterocycles. The van der Waals surface area contributed by atoms with Crippen molar-refractivity contribution >= 4 is 28.2 Å². The summed E-state index contributed by atoms with van der Waals surface area (Å²) < 4.78 is 0. The van der Waals surface area contributed by atoms with E-state index in [1.165, 1.54) is 55.4 Å². The summed E-state index contributed by atoms with van der Waals surface area (Å²) in [6.07, 6.45) is 4.48. The summed E-state index contributed by atoms with van der Waals surface area (Å²) in [6, 6.07) is 73.3. The Labute approximate surface area is 373 Å². The number of aromatic nitrogens is 3. The topological polar surface area (TPSA) is 41.9 Å². The van der Waals surface area contributed by atoms with Crippen LogP contribution in [-0.2, 0) is 5.41 Å². The Morgan fingerprint density at radius 3 is 1.50 bits per heavy atom. The minimum atomic E-state index is -0.267. The highest BCUT2D eigenvalue weighted by Gasteiger charge is 2.40. The molecule has 10 aromatic rings. The fourth-order valence-corrected chi connectivity index (χ4v) is 9.82. The second-order valence-corrected chi connectivity index (χ2v) is 17.3. The Bertz CT molecular complexity index is 3330. The molecule has 0 bridgehead atoms. The highest BCUT2D eigenvalue weighted by atomic mass is 15.1. The number of rotatable bonds is 7. The largest absolute Gasteiger partial charge is 0.316 e. The van der Waals surface area contributed by atoms with E-state index in [0.29, 0.717) is 17.5 Å². The molecular formula is C60H42N4. The molecule has 1 aromatic heterocycles. The zero-order valence-corrected chi connectivity index (χ0v) is 35.6. The van der Waals surface area contributed by atoms with Gasteiger partial charge in [-0.2, -0.15) is 0 Å². The van der Waals surface area contributed by atoms with Crippen LogP contribution in [0.3, 0.4) is 0 Å². The van der Waals surface area contributed by atoms with Crippen molar-refractivity contribution in [2.45, 2.75) is 19.3 Å². The van der Waals surface area contributed by atoms with Gasteiger partial charge in [-0.1, -0.05) is 190 Å². The smallest absolute Gasteiger partial charge is 0.164 e. The third-order valence-electron chi connectivity index (χ3n) is 13.0. The number of anilines is 2. The summed E-state index contributed by atoms with van der Waals surface area (Å²) in [4.78, 5) is 17.8. The fourth-order valence-electron chi connectivity index (χ4n) is 9.82. The normalized spacial score (nSPS) is 13.2. The molecule has 0 spiro atoms. The first-order valence-electron chi connectivity index (χ1n) is 21.9. The quantitative estimate of drug-likeness (QED) is 0.161. The molecule has 0 amide bonds. The zero-order valence-electron chi connectivity index (χ0n) is 35.6. The zero-order chi connectivity index (χ0) is 42.8. The number of hydrogen-bond donors (Lipinski definition) is 0. The van der Waals surface area contributed by atoms with E-state index in [4.69, 9.17) is 15.0 Å². The Kier molecular flexibility index (Phi) is 8.80. The Hall–Kier alpha value is -8.21. The van der Waals surface area contributed by atoms with E-state index in [9.17, 15) is 0 Å². The summed E-state index contributed by atoms with van der Waals surface area (Å²) in [5.41, 5.74) is 18.4. The van der Waals surface area contributed by atoms with Crippen LogP contribution < -0.4 is 4.90 Å². The molecule has 0 radical (unpaired) electrons. The van der Waals surface area contributed by atoms with Gasteiger partial charge in [0, 0.05) is 39.4 Å². The maximum absolute atomic E-state index is 5.17. The highest BCUT2D eigenvalue weighted by molar-refractivity contribution is 6.11. The summed E-state index contributed by atoms with van der Waals surface area (Å²) in [5.74, 6) is 1.90. The van der Waals surface area contributed by atoms with Gasteiger partial charge in [-0.3, -0.25) is 0 Å². The SMILES string of the molecule is CC1(C)c2cc(-c3cccc(-c4nc(-c5ccc(-c6ccccc6)cc5)nc(-c5ccc(-c6ccccc6)cc5)n4)c3)ccc2-c2cc3cccc4c3c(c21)N(c1ccccc1)C=C4. The molecule has 302 valence electrons. The highest BCUT2D eigenvalue weighted by Crippen LogP contribution is 2.57. The molecule has 2 heterocycles. The van der Waals surface area contributed by atoms with Gasteiger partial charge in [-0.05, 0) is 103 Å². The third-order valence-corrected chi connectivity index (χ3v) is 13.0. The molecule has 0 atom stereocenters. The van der Waals surface area contributed by atoms with E-state index in [1.807, 2.05) is 12.1 Å². The average molecular weight is 819 g/mol. The van der Waals surface area contributed by atoms with E-state index in [2.05, 4.69) is 225 Å². The predicted molar refractivity (Wildman–Crippen MR) is 265 cm³/mol. The first-order valence-corrected chi connectivity index (χ1v) is 21.9. The summed E-state index contributed by atoms with van der Waals surface area (Å²) in [6.45, 7) is 4.77. The number of benzene rings is 9. The van der Waals surface area contributed by atoms with E-state index < -0.39 is 0 Å². The van der Waals surface area contributed by atoms with Crippen LogP contribution in [0.5, 0.6) is 0 Å². The second kappa shape index (κ2) is 15.0. The Balaban J connectivity index is 0.948. The monoisotopic (exact) mass is 818 g/mol. The van der Waals surface area contributed by atoms with Crippen LogP contribution in [0.15, 0.2) is 212 Å². The van der Waals surface area contributed by atoms with Gasteiger partial charge < -0.3 is 4.90 Å². The van der Waals surface area contributed by atoms with Crippen molar-refractivity contribution in [2.24, 2.45) is 0 Å². The average Bonchev–Trinajstić information content (AvgIpc) is 3.59. The lowest BCUT2D eigenvalue weighted by molar-refractivity contribution is 0.661. The lowest BCUT2D eigenvalue weighted by Crippen LogP contribution is -2.22. The van der Waals surface area contributed by atoms with Gasteiger partial charge in [0.05, 0.1) is 5.69 Å². The number of para-hydroxylation sites is 1. The van der Waals surface area contributed by atoms with Crippen molar-refractivity contribution < 1.29 is 0 Å². The minimum absolute atomic E-state index is 0.267. The lowest BCUT2D eigenvalue weighted by Gasteiger charge is -2.33. The number of hydrogen-bond acceptors (Lipinski definition) is 4.